The predicted molar refractivity (Wildman–Crippen MR) is 69.1 cm³/mol. The topological polar surface area (TPSA) is 32.3 Å². The number of halogens is 3. The Morgan fingerprint density at radius 1 is 1.10 bits per heavy atom. The summed E-state index contributed by atoms with van der Waals surface area (Å²) >= 11 is 0. The van der Waals surface area contributed by atoms with Gasteiger partial charge in [-0.3, -0.25) is 0 Å². The van der Waals surface area contributed by atoms with Crippen molar-refractivity contribution in [3.63, 3.8) is 0 Å². The number of rotatable bonds is 2. The summed E-state index contributed by atoms with van der Waals surface area (Å²) < 4.78 is 40.1. The molecule has 5 heteroatoms. The summed E-state index contributed by atoms with van der Waals surface area (Å²) in [5.74, 6) is -2.69. The van der Waals surface area contributed by atoms with Crippen LogP contribution in [0.3, 0.4) is 0 Å². The van der Waals surface area contributed by atoms with Crippen LogP contribution in [0.15, 0.2) is 30.3 Å². The highest BCUT2D eigenvalue weighted by Gasteiger charge is 2.26. The molecule has 2 N–H and O–H groups in total. The van der Waals surface area contributed by atoms with Crippen LogP contribution in [0.2, 0.25) is 0 Å². The highest BCUT2D eigenvalue weighted by Crippen LogP contribution is 2.39. The smallest absolute Gasteiger partial charge is 0.152 e. The maximum atomic E-state index is 13.6. The van der Waals surface area contributed by atoms with E-state index in [0.717, 1.165) is 11.1 Å². The van der Waals surface area contributed by atoms with Crippen LogP contribution in [0.1, 0.15) is 23.6 Å². The minimum atomic E-state index is -0.962. The molecule has 0 heterocycles. The summed E-state index contributed by atoms with van der Waals surface area (Å²) in [5, 5.41) is 12.5. The minimum absolute atomic E-state index is 0.187. The molecule has 20 heavy (non-hydrogen) atoms. The molecule has 0 aliphatic heterocycles. The molecule has 0 bridgehead atoms. The van der Waals surface area contributed by atoms with Crippen LogP contribution in [0.5, 0.6) is 5.75 Å². The van der Waals surface area contributed by atoms with Crippen LogP contribution in [0.4, 0.5) is 18.9 Å². The number of anilines is 1. The molecule has 0 saturated heterocycles. The summed E-state index contributed by atoms with van der Waals surface area (Å²) in [6, 6.07) is 6.06. The number of phenols is 1. The fourth-order valence-electron chi connectivity index (χ4n) is 2.64. The Morgan fingerprint density at radius 2 is 1.80 bits per heavy atom. The number of nitrogens with one attached hydrogen (secondary N) is 1. The average Bonchev–Trinajstić information content (AvgIpc) is 2.78. The summed E-state index contributed by atoms with van der Waals surface area (Å²) in [6.07, 6.45) is 1.24. The second-order valence-electron chi connectivity index (χ2n) is 4.82. The van der Waals surface area contributed by atoms with Crippen molar-refractivity contribution in [2.75, 3.05) is 5.32 Å². The Labute approximate surface area is 113 Å². The van der Waals surface area contributed by atoms with Gasteiger partial charge in [-0.15, -0.1) is 0 Å². The van der Waals surface area contributed by atoms with Gasteiger partial charge in [0, 0.05) is 12.1 Å². The van der Waals surface area contributed by atoms with E-state index in [0.29, 0.717) is 25.0 Å². The largest absolute Gasteiger partial charge is 0.508 e. The van der Waals surface area contributed by atoms with Crippen LogP contribution in [0, 0.1) is 17.5 Å². The summed E-state index contributed by atoms with van der Waals surface area (Å²) in [4.78, 5) is 0. The van der Waals surface area contributed by atoms with Crippen molar-refractivity contribution in [1.29, 1.82) is 0 Å². The van der Waals surface area contributed by atoms with Crippen molar-refractivity contribution in [2.45, 2.75) is 18.9 Å². The quantitative estimate of drug-likeness (QED) is 0.873. The van der Waals surface area contributed by atoms with E-state index >= 15 is 0 Å². The molecule has 2 nitrogen and oxygen atoms in total. The fraction of sp³-hybridized carbons (Fsp3) is 0.200. The van der Waals surface area contributed by atoms with Gasteiger partial charge in [0.1, 0.15) is 17.3 Å². The average molecular weight is 279 g/mol. The van der Waals surface area contributed by atoms with Gasteiger partial charge in [0.25, 0.3) is 0 Å². The molecule has 1 unspecified atom stereocenters. The van der Waals surface area contributed by atoms with Gasteiger partial charge in [0.2, 0.25) is 0 Å². The van der Waals surface area contributed by atoms with Gasteiger partial charge >= 0.3 is 0 Å². The van der Waals surface area contributed by atoms with Gasteiger partial charge in [-0.1, -0.05) is 12.1 Å². The molecule has 104 valence electrons. The second-order valence-corrected chi connectivity index (χ2v) is 4.82. The fourth-order valence-corrected chi connectivity index (χ4v) is 2.64. The summed E-state index contributed by atoms with van der Waals surface area (Å²) in [7, 11) is 0. The standard InChI is InChI=1S/C15H12F3NO/c16-8-6-11(17)15(12(18)7-8)19-13-5-4-10-9(13)2-1-3-14(10)20/h1-3,6-7,13,19-20H,4-5H2. The van der Waals surface area contributed by atoms with E-state index in [-0.39, 0.29) is 17.5 Å². The molecule has 2 aromatic carbocycles. The van der Waals surface area contributed by atoms with Crippen LogP contribution < -0.4 is 5.32 Å². The van der Waals surface area contributed by atoms with Crippen LogP contribution >= 0.6 is 0 Å². The zero-order valence-corrected chi connectivity index (χ0v) is 10.5. The first-order chi connectivity index (χ1) is 9.56. The van der Waals surface area contributed by atoms with Crippen molar-refractivity contribution < 1.29 is 18.3 Å². The molecule has 0 amide bonds. The lowest BCUT2D eigenvalue weighted by molar-refractivity contribution is 0.469. The van der Waals surface area contributed by atoms with E-state index < -0.39 is 17.5 Å². The summed E-state index contributed by atoms with van der Waals surface area (Å²) in [6.45, 7) is 0. The zero-order chi connectivity index (χ0) is 14.3. The Hall–Kier alpha value is -2.17. The molecule has 0 radical (unpaired) electrons. The highest BCUT2D eigenvalue weighted by molar-refractivity contribution is 5.52. The molecular weight excluding hydrogens is 267 g/mol. The van der Waals surface area contributed by atoms with E-state index in [9.17, 15) is 18.3 Å². The second kappa shape index (κ2) is 4.74. The van der Waals surface area contributed by atoms with E-state index in [1.165, 1.54) is 0 Å². The minimum Gasteiger partial charge on any atom is -0.508 e. The molecule has 0 saturated carbocycles. The van der Waals surface area contributed by atoms with Crippen LogP contribution in [-0.2, 0) is 6.42 Å². The normalized spacial score (nSPS) is 17.1. The monoisotopic (exact) mass is 279 g/mol. The maximum absolute atomic E-state index is 13.6. The zero-order valence-electron chi connectivity index (χ0n) is 10.5. The van der Waals surface area contributed by atoms with Crippen molar-refractivity contribution in [3.05, 3.63) is 58.9 Å². The van der Waals surface area contributed by atoms with Gasteiger partial charge in [-0.2, -0.15) is 0 Å². The molecular formula is C15H12F3NO. The lowest BCUT2D eigenvalue weighted by Gasteiger charge is -2.17. The Kier molecular flexibility index (Phi) is 3.04. The first-order valence-electron chi connectivity index (χ1n) is 6.28. The first kappa shape index (κ1) is 12.8. The van der Waals surface area contributed by atoms with Gasteiger partial charge in [-0.25, -0.2) is 13.2 Å². The Balaban J connectivity index is 1.94. The van der Waals surface area contributed by atoms with Gasteiger partial charge in [-0.05, 0) is 30.0 Å². The lowest BCUT2D eigenvalue weighted by Crippen LogP contribution is -2.10. The molecule has 3 rings (SSSR count). The number of hydrogen-bond acceptors (Lipinski definition) is 2. The molecule has 2 aromatic rings. The van der Waals surface area contributed by atoms with Crippen molar-refractivity contribution in [2.24, 2.45) is 0 Å². The van der Waals surface area contributed by atoms with Crippen molar-refractivity contribution >= 4 is 5.69 Å². The van der Waals surface area contributed by atoms with E-state index in [1.807, 2.05) is 0 Å². The van der Waals surface area contributed by atoms with Gasteiger partial charge < -0.3 is 10.4 Å². The number of benzene rings is 2. The summed E-state index contributed by atoms with van der Waals surface area (Å²) in [5.41, 5.74) is 1.26. The Bertz CT molecular complexity index is 649. The van der Waals surface area contributed by atoms with Crippen molar-refractivity contribution in [1.82, 2.24) is 0 Å². The van der Waals surface area contributed by atoms with Crippen LogP contribution in [0.25, 0.3) is 0 Å². The number of fused-ring (bicyclic) bond motifs is 1. The first-order valence-corrected chi connectivity index (χ1v) is 6.28. The molecule has 0 aromatic heterocycles. The van der Waals surface area contributed by atoms with E-state index in [4.69, 9.17) is 0 Å². The SMILES string of the molecule is Oc1cccc2c1CCC2Nc1c(F)cc(F)cc1F. The van der Waals surface area contributed by atoms with E-state index in [1.54, 1.807) is 18.2 Å². The molecule has 1 aliphatic rings. The molecule has 0 spiro atoms. The third kappa shape index (κ3) is 2.09. The van der Waals surface area contributed by atoms with Gasteiger partial charge in [0.05, 0.1) is 6.04 Å². The van der Waals surface area contributed by atoms with Gasteiger partial charge in [0.15, 0.2) is 11.6 Å². The lowest BCUT2D eigenvalue weighted by atomic mass is 10.1. The predicted octanol–water partition coefficient (Wildman–Crippen LogP) is 3.91. The molecule has 1 atom stereocenters. The maximum Gasteiger partial charge on any atom is 0.152 e. The molecule has 0 fully saturated rings. The number of hydrogen-bond donors (Lipinski definition) is 2. The van der Waals surface area contributed by atoms with E-state index in [2.05, 4.69) is 5.32 Å². The third-order valence-electron chi connectivity index (χ3n) is 3.57. The Morgan fingerprint density at radius 3 is 2.50 bits per heavy atom. The highest BCUT2D eigenvalue weighted by atomic mass is 19.1. The number of phenolic OH excluding ortho intramolecular Hbond substituents is 1. The third-order valence-corrected chi connectivity index (χ3v) is 3.57. The molecule has 1 aliphatic carbocycles. The van der Waals surface area contributed by atoms with Crippen molar-refractivity contribution in [3.8, 4) is 5.75 Å². The number of aromatic hydroxyl groups is 1. The van der Waals surface area contributed by atoms with Crippen LogP contribution in [-0.4, -0.2) is 5.11 Å².